The largest absolute Gasteiger partial charge is 0.444 e. The maximum absolute atomic E-state index is 12.5. The third kappa shape index (κ3) is 4.82. The fourth-order valence-corrected chi connectivity index (χ4v) is 5.63. The first-order valence-electron chi connectivity index (χ1n) is 12.8. The van der Waals surface area contributed by atoms with Crippen molar-refractivity contribution in [3.8, 4) is 0 Å². The van der Waals surface area contributed by atoms with Gasteiger partial charge in [0, 0.05) is 25.1 Å². The van der Waals surface area contributed by atoms with E-state index in [0.29, 0.717) is 6.61 Å². The molecule has 0 aliphatic carbocycles. The summed E-state index contributed by atoms with van der Waals surface area (Å²) in [6, 6.07) is -0.0828. The molecule has 5 rings (SSSR count). The van der Waals surface area contributed by atoms with Crippen LogP contribution in [0.5, 0.6) is 0 Å². The van der Waals surface area contributed by atoms with Crippen LogP contribution in [-0.4, -0.2) is 69.9 Å². The van der Waals surface area contributed by atoms with E-state index < -0.39 is 5.60 Å². The Morgan fingerprint density at radius 2 is 2.00 bits per heavy atom. The molecule has 3 aliphatic rings. The lowest BCUT2D eigenvalue weighted by molar-refractivity contribution is -0.0371. The molecule has 0 radical (unpaired) electrons. The number of hydrogen-bond donors (Lipinski definition) is 1. The average molecular weight is 487 g/mol. The SMILES string of the molecule is Cc1nn(C2CCCCO2)c2nc(N3CCC4(CC3)CO[C@@H](C)[C@H]4NC(=O)OC(C)(C)C)cnc12. The van der Waals surface area contributed by atoms with Crippen molar-refractivity contribution < 1.29 is 19.0 Å². The Morgan fingerprint density at radius 1 is 1.23 bits per heavy atom. The predicted molar refractivity (Wildman–Crippen MR) is 131 cm³/mol. The summed E-state index contributed by atoms with van der Waals surface area (Å²) in [6.45, 7) is 12.7. The number of aromatic nitrogens is 4. The van der Waals surface area contributed by atoms with Gasteiger partial charge in [0.25, 0.3) is 0 Å². The molecule has 2 aromatic rings. The van der Waals surface area contributed by atoms with Crippen LogP contribution in [0, 0.1) is 12.3 Å². The maximum Gasteiger partial charge on any atom is 0.407 e. The van der Waals surface area contributed by atoms with Gasteiger partial charge in [-0.15, -0.1) is 0 Å². The van der Waals surface area contributed by atoms with Crippen LogP contribution in [0.25, 0.3) is 11.2 Å². The molecule has 5 heterocycles. The van der Waals surface area contributed by atoms with Crippen LogP contribution in [-0.2, 0) is 14.2 Å². The molecule has 1 amide bonds. The van der Waals surface area contributed by atoms with E-state index in [-0.39, 0.29) is 29.9 Å². The Bertz CT molecular complexity index is 1070. The van der Waals surface area contributed by atoms with Gasteiger partial charge in [0.2, 0.25) is 0 Å². The van der Waals surface area contributed by atoms with Gasteiger partial charge < -0.3 is 24.4 Å². The van der Waals surface area contributed by atoms with Crippen LogP contribution in [0.3, 0.4) is 0 Å². The molecule has 1 N–H and O–H groups in total. The highest BCUT2D eigenvalue weighted by Gasteiger charge is 2.50. The number of alkyl carbamates (subject to hydrolysis) is 1. The molecule has 1 unspecified atom stereocenters. The third-order valence-electron chi connectivity index (χ3n) is 7.51. The van der Waals surface area contributed by atoms with Crippen molar-refractivity contribution in [3.63, 3.8) is 0 Å². The fraction of sp³-hybridized carbons (Fsp3) is 0.760. The molecule has 3 fully saturated rings. The quantitative estimate of drug-likeness (QED) is 0.700. The Labute approximate surface area is 206 Å². The van der Waals surface area contributed by atoms with E-state index in [0.717, 1.165) is 74.5 Å². The number of piperidine rings is 1. The normalized spacial score (nSPS) is 26.9. The van der Waals surface area contributed by atoms with Crippen LogP contribution in [0.2, 0.25) is 0 Å². The minimum Gasteiger partial charge on any atom is -0.444 e. The van der Waals surface area contributed by atoms with Crippen molar-refractivity contribution in [2.45, 2.75) is 90.7 Å². The minimum atomic E-state index is -0.534. The van der Waals surface area contributed by atoms with Crippen molar-refractivity contribution in [1.82, 2.24) is 25.1 Å². The Balaban J connectivity index is 1.31. The van der Waals surface area contributed by atoms with Crippen LogP contribution >= 0.6 is 0 Å². The van der Waals surface area contributed by atoms with Crippen molar-refractivity contribution in [3.05, 3.63) is 11.9 Å². The second kappa shape index (κ2) is 9.20. The van der Waals surface area contributed by atoms with E-state index >= 15 is 0 Å². The Morgan fingerprint density at radius 3 is 2.69 bits per heavy atom. The van der Waals surface area contributed by atoms with E-state index in [1.54, 1.807) is 0 Å². The number of anilines is 1. The number of carbonyl (C=O) groups excluding carboxylic acids is 1. The number of fused-ring (bicyclic) bond motifs is 1. The van der Waals surface area contributed by atoms with Crippen LogP contribution in [0.15, 0.2) is 6.20 Å². The molecule has 3 atom stereocenters. The molecule has 0 aromatic carbocycles. The second-order valence-corrected chi connectivity index (χ2v) is 11.2. The number of nitrogens with one attached hydrogen (secondary N) is 1. The summed E-state index contributed by atoms with van der Waals surface area (Å²) in [5, 5.41) is 7.82. The summed E-state index contributed by atoms with van der Waals surface area (Å²) < 4.78 is 19.4. The van der Waals surface area contributed by atoms with Gasteiger partial charge in [0.15, 0.2) is 11.9 Å². The topological polar surface area (TPSA) is 104 Å². The molecule has 3 aliphatic heterocycles. The molecule has 0 bridgehead atoms. The smallest absolute Gasteiger partial charge is 0.407 e. The first-order valence-corrected chi connectivity index (χ1v) is 12.8. The van der Waals surface area contributed by atoms with Crippen molar-refractivity contribution in [1.29, 1.82) is 0 Å². The number of hydrogen-bond acceptors (Lipinski definition) is 8. The van der Waals surface area contributed by atoms with E-state index in [4.69, 9.17) is 29.3 Å². The first-order chi connectivity index (χ1) is 16.7. The molecular formula is C25H38N6O4. The summed E-state index contributed by atoms with van der Waals surface area (Å²) in [7, 11) is 0. The summed E-state index contributed by atoms with van der Waals surface area (Å²) in [5.74, 6) is 0.855. The standard InChI is InChI=1S/C25H38N6O4/c1-16-20-22(31(29-16)19-8-6-7-13-33-19)27-18(14-26-20)30-11-9-25(10-12-30)15-34-17(2)21(25)28-23(32)35-24(3,4)5/h14,17,19,21H,6-13,15H2,1-5H3,(H,28,32)/t17-,19?,21+/m0/s1. The number of rotatable bonds is 3. The van der Waals surface area contributed by atoms with Gasteiger partial charge in [0.1, 0.15) is 16.9 Å². The first kappa shape index (κ1) is 24.2. The zero-order valence-corrected chi connectivity index (χ0v) is 21.5. The molecule has 0 saturated carbocycles. The van der Waals surface area contributed by atoms with E-state index in [1.807, 2.05) is 45.5 Å². The van der Waals surface area contributed by atoms with Gasteiger partial charge in [0.05, 0.1) is 30.6 Å². The summed E-state index contributed by atoms with van der Waals surface area (Å²) in [6.07, 6.45) is 6.28. The third-order valence-corrected chi connectivity index (χ3v) is 7.51. The molecule has 2 aromatic heterocycles. The molecule has 35 heavy (non-hydrogen) atoms. The lowest BCUT2D eigenvalue weighted by Crippen LogP contribution is -2.55. The summed E-state index contributed by atoms with van der Waals surface area (Å²) >= 11 is 0. The number of aryl methyl sites for hydroxylation is 1. The maximum atomic E-state index is 12.5. The van der Waals surface area contributed by atoms with Gasteiger partial charge in [-0.05, 0) is 66.7 Å². The molecular weight excluding hydrogens is 448 g/mol. The minimum absolute atomic E-state index is 0.0574. The zero-order valence-electron chi connectivity index (χ0n) is 21.5. The number of carbonyl (C=O) groups is 1. The molecule has 10 nitrogen and oxygen atoms in total. The van der Waals surface area contributed by atoms with Gasteiger partial charge in [-0.1, -0.05) is 0 Å². The van der Waals surface area contributed by atoms with E-state index in [1.165, 1.54) is 0 Å². The van der Waals surface area contributed by atoms with Crippen molar-refractivity contribution in [2.75, 3.05) is 31.2 Å². The van der Waals surface area contributed by atoms with Crippen LogP contribution < -0.4 is 10.2 Å². The average Bonchev–Trinajstić information content (AvgIpc) is 3.31. The summed E-state index contributed by atoms with van der Waals surface area (Å²) in [5.41, 5.74) is 1.84. The molecule has 1 spiro atoms. The number of amides is 1. The molecule has 3 saturated heterocycles. The van der Waals surface area contributed by atoms with E-state index in [2.05, 4.69) is 10.2 Å². The van der Waals surface area contributed by atoms with Gasteiger partial charge in [-0.2, -0.15) is 5.10 Å². The van der Waals surface area contributed by atoms with Gasteiger partial charge in [-0.25, -0.2) is 19.4 Å². The van der Waals surface area contributed by atoms with Gasteiger partial charge in [-0.3, -0.25) is 0 Å². The zero-order chi connectivity index (χ0) is 24.8. The van der Waals surface area contributed by atoms with Gasteiger partial charge >= 0.3 is 6.09 Å². The molecule has 10 heteroatoms. The fourth-order valence-electron chi connectivity index (χ4n) is 5.63. The lowest BCUT2D eigenvalue weighted by Gasteiger charge is -2.42. The van der Waals surface area contributed by atoms with Crippen molar-refractivity contribution in [2.24, 2.45) is 5.41 Å². The monoisotopic (exact) mass is 486 g/mol. The van der Waals surface area contributed by atoms with Crippen LogP contribution in [0.1, 0.15) is 71.7 Å². The van der Waals surface area contributed by atoms with Crippen LogP contribution in [0.4, 0.5) is 10.6 Å². The predicted octanol–water partition coefficient (Wildman–Crippen LogP) is 3.73. The number of nitrogens with zero attached hydrogens (tertiary/aromatic N) is 5. The van der Waals surface area contributed by atoms with E-state index in [9.17, 15) is 4.79 Å². The summed E-state index contributed by atoms with van der Waals surface area (Å²) in [4.78, 5) is 24.5. The lowest BCUT2D eigenvalue weighted by atomic mass is 9.73. The Hall–Kier alpha value is -2.46. The number of ether oxygens (including phenoxy) is 3. The second-order valence-electron chi connectivity index (χ2n) is 11.2. The molecule has 192 valence electrons. The highest BCUT2D eigenvalue weighted by Crippen LogP contribution is 2.43. The Kier molecular flexibility index (Phi) is 6.37. The highest BCUT2D eigenvalue weighted by atomic mass is 16.6. The highest BCUT2D eigenvalue weighted by molar-refractivity contribution is 5.75. The van der Waals surface area contributed by atoms with Crippen molar-refractivity contribution >= 4 is 23.1 Å².